The number of nitrogens with zero attached hydrogens (tertiary/aromatic N) is 3. The van der Waals surface area contributed by atoms with E-state index >= 15 is 0 Å². The highest BCUT2D eigenvalue weighted by atomic mass is 32.2. The Morgan fingerprint density at radius 3 is 2.82 bits per heavy atom. The molecule has 0 aliphatic rings. The van der Waals surface area contributed by atoms with Crippen molar-refractivity contribution in [2.75, 3.05) is 0 Å². The predicted octanol–water partition coefficient (Wildman–Crippen LogP) is 1.55. The van der Waals surface area contributed by atoms with E-state index in [2.05, 4.69) is 20.2 Å². The number of nitrogens with two attached hydrogens (primary N) is 1. The Kier molecular flexibility index (Phi) is 3.75. The zero-order valence-corrected chi connectivity index (χ0v) is 10.7. The lowest BCUT2D eigenvalue weighted by Crippen LogP contribution is -2.17. The summed E-state index contributed by atoms with van der Waals surface area (Å²) in [4.78, 5) is 8.56. The maximum Gasteiger partial charge on any atom is 0.214 e. The second-order valence-electron chi connectivity index (χ2n) is 3.99. The molecule has 0 radical (unpaired) electrons. The van der Waals surface area contributed by atoms with Crippen molar-refractivity contribution < 1.29 is 0 Å². The lowest BCUT2D eigenvalue weighted by Gasteiger charge is -2.04. The summed E-state index contributed by atoms with van der Waals surface area (Å²) >= 11 is 1.44. The van der Waals surface area contributed by atoms with Crippen LogP contribution in [0.25, 0.3) is 0 Å². The van der Waals surface area contributed by atoms with E-state index in [0.717, 1.165) is 22.8 Å². The maximum atomic E-state index is 5.73. The molecular formula is C11H15N5S. The van der Waals surface area contributed by atoms with E-state index in [4.69, 9.17) is 5.73 Å². The highest BCUT2D eigenvalue weighted by molar-refractivity contribution is 7.99. The first-order chi connectivity index (χ1) is 8.13. The molecule has 90 valence electrons. The molecule has 1 atom stereocenters. The van der Waals surface area contributed by atoms with Crippen LogP contribution in [0.3, 0.4) is 0 Å². The number of hydrogen-bond donors (Lipinski definition) is 2. The van der Waals surface area contributed by atoms with Gasteiger partial charge in [-0.15, -0.1) is 5.10 Å². The molecule has 17 heavy (non-hydrogen) atoms. The summed E-state index contributed by atoms with van der Waals surface area (Å²) in [5.41, 5.74) is 6.88. The molecule has 1 unspecified atom stereocenters. The predicted molar refractivity (Wildman–Crippen MR) is 66.8 cm³/mol. The monoisotopic (exact) mass is 249 g/mol. The molecule has 3 N–H and O–H groups in total. The quantitative estimate of drug-likeness (QED) is 0.859. The van der Waals surface area contributed by atoms with Crippen molar-refractivity contribution in [3.05, 3.63) is 29.7 Å². The van der Waals surface area contributed by atoms with Gasteiger partial charge < -0.3 is 5.73 Å². The van der Waals surface area contributed by atoms with Gasteiger partial charge in [-0.3, -0.25) is 5.10 Å². The van der Waals surface area contributed by atoms with Gasteiger partial charge in [0.15, 0.2) is 0 Å². The molecule has 2 heterocycles. The Morgan fingerprint density at radius 1 is 1.47 bits per heavy atom. The van der Waals surface area contributed by atoms with Crippen LogP contribution in [0.1, 0.15) is 18.3 Å². The molecule has 0 amide bonds. The van der Waals surface area contributed by atoms with Crippen molar-refractivity contribution in [3.63, 3.8) is 0 Å². The fourth-order valence-electron chi connectivity index (χ4n) is 1.43. The Morgan fingerprint density at radius 2 is 2.29 bits per heavy atom. The molecule has 6 heteroatoms. The number of hydrogen-bond acceptors (Lipinski definition) is 5. The van der Waals surface area contributed by atoms with Crippen molar-refractivity contribution in [1.82, 2.24) is 20.2 Å². The lowest BCUT2D eigenvalue weighted by molar-refractivity contribution is 0.734. The molecular weight excluding hydrogens is 234 g/mol. The fourth-order valence-corrected chi connectivity index (χ4v) is 2.13. The van der Waals surface area contributed by atoms with Crippen LogP contribution in [-0.2, 0) is 6.42 Å². The number of pyridine rings is 1. The Labute approximate surface area is 104 Å². The number of nitrogens with one attached hydrogen (secondary N) is 1. The molecule has 0 spiro atoms. The highest BCUT2D eigenvalue weighted by Crippen LogP contribution is 2.22. The SMILES string of the molecule is Cc1nc(Sc2ccc(CC(C)N)cn2)n[nH]1. The van der Waals surface area contributed by atoms with E-state index in [0.29, 0.717) is 5.16 Å². The third-order valence-corrected chi connectivity index (χ3v) is 2.94. The third kappa shape index (κ3) is 3.54. The lowest BCUT2D eigenvalue weighted by atomic mass is 10.1. The van der Waals surface area contributed by atoms with Crippen LogP contribution in [0.5, 0.6) is 0 Å². The standard InChI is InChI=1S/C11H15N5S/c1-7(12)5-9-3-4-10(13-6-9)17-11-14-8(2)15-16-11/h3-4,6-7H,5,12H2,1-2H3,(H,14,15,16). The topological polar surface area (TPSA) is 80.5 Å². The highest BCUT2D eigenvalue weighted by Gasteiger charge is 2.04. The van der Waals surface area contributed by atoms with E-state index in [9.17, 15) is 0 Å². The first kappa shape index (κ1) is 12.1. The largest absolute Gasteiger partial charge is 0.328 e. The van der Waals surface area contributed by atoms with Crippen LogP contribution in [0, 0.1) is 6.92 Å². The molecule has 0 aromatic carbocycles. The van der Waals surface area contributed by atoms with Crippen molar-refractivity contribution in [1.29, 1.82) is 0 Å². The molecule has 0 aliphatic heterocycles. The second-order valence-corrected chi connectivity index (χ2v) is 4.98. The van der Waals surface area contributed by atoms with Gasteiger partial charge in [0.25, 0.3) is 0 Å². The van der Waals surface area contributed by atoms with Gasteiger partial charge in [0.1, 0.15) is 10.9 Å². The number of aromatic nitrogens is 4. The maximum absolute atomic E-state index is 5.73. The Hall–Kier alpha value is -1.40. The van der Waals surface area contributed by atoms with Gasteiger partial charge >= 0.3 is 0 Å². The van der Waals surface area contributed by atoms with Crippen molar-refractivity contribution in [3.8, 4) is 0 Å². The van der Waals surface area contributed by atoms with Gasteiger partial charge in [-0.05, 0) is 43.7 Å². The van der Waals surface area contributed by atoms with Gasteiger partial charge in [-0.2, -0.15) is 0 Å². The molecule has 0 saturated heterocycles. The van der Waals surface area contributed by atoms with Crippen LogP contribution in [0.2, 0.25) is 0 Å². The third-order valence-electron chi connectivity index (χ3n) is 2.13. The van der Waals surface area contributed by atoms with Crippen LogP contribution in [-0.4, -0.2) is 26.2 Å². The number of aryl methyl sites for hydroxylation is 1. The van der Waals surface area contributed by atoms with E-state index in [-0.39, 0.29) is 6.04 Å². The van der Waals surface area contributed by atoms with E-state index < -0.39 is 0 Å². The molecule has 0 aliphatic carbocycles. The van der Waals surface area contributed by atoms with Gasteiger partial charge in [0, 0.05) is 12.2 Å². The minimum Gasteiger partial charge on any atom is -0.328 e. The van der Waals surface area contributed by atoms with E-state index in [1.807, 2.05) is 32.2 Å². The average molecular weight is 249 g/mol. The van der Waals surface area contributed by atoms with Crippen molar-refractivity contribution in [2.24, 2.45) is 5.73 Å². The van der Waals surface area contributed by atoms with E-state index in [1.165, 1.54) is 11.8 Å². The fraction of sp³-hybridized carbons (Fsp3) is 0.364. The molecule has 2 rings (SSSR count). The molecule has 2 aromatic rings. The van der Waals surface area contributed by atoms with Crippen LogP contribution < -0.4 is 5.73 Å². The molecule has 0 fully saturated rings. The molecule has 0 bridgehead atoms. The minimum absolute atomic E-state index is 0.158. The van der Waals surface area contributed by atoms with Crippen LogP contribution >= 0.6 is 11.8 Å². The summed E-state index contributed by atoms with van der Waals surface area (Å²) in [6, 6.07) is 4.16. The van der Waals surface area contributed by atoms with Gasteiger partial charge in [0.05, 0.1) is 0 Å². The van der Waals surface area contributed by atoms with Crippen LogP contribution in [0.15, 0.2) is 28.5 Å². The second kappa shape index (κ2) is 5.29. The summed E-state index contributed by atoms with van der Waals surface area (Å²) in [5, 5.41) is 8.43. The number of rotatable bonds is 4. The zero-order chi connectivity index (χ0) is 12.3. The van der Waals surface area contributed by atoms with E-state index in [1.54, 1.807) is 0 Å². The number of H-pyrrole nitrogens is 1. The first-order valence-electron chi connectivity index (χ1n) is 5.41. The average Bonchev–Trinajstić information content (AvgIpc) is 2.66. The molecule has 5 nitrogen and oxygen atoms in total. The summed E-state index contributed by atoms with van der Waals surface area (Å²) < 4.78 is 0. The van der Waals surface area contributed by atoms with Gasteiger partial charge in [0.2, 0.25) is 5.16 Å². The number of aromatic amines is 1. The summed E-state index contributed by atoms with van der Waals surface area (Å²) in [6.07, 6.45) is 2.70. The first-order valence-corrected chi connectivity index (χ1v) is 6.22. The Bertz CT molecular complexity index is 477. The Balaban J connectivity index is 2.03. The summed E-state index contributed by atoms with van der Waals surface area (Å²) in [6.45, 7) is 3.86. The van der Waals surface area contributed by atoms with Crippen molar-refractivity contribution in [2.45, 2.75) is 36.5 Å². The smallest absolute Gasteiger partial charge is 0.214 e. The van der Waals surface area contributed by atoms with Gasteiger partial charge in [-0.25, -0.2) is 9.97 Å². The van der Waals surface area contributed by atoms with Crippen molar-refractivity contribution >= 4 is 11.8 Å². The van der Waals surface area contributed by atoms with Gasteiger partial charge in [-0.1, -0.05) is 6.07 Å². The minimum atomic E-state index is 0.158. The van der Waals surface area contributed by atoms with Crippen LogP contribution in [0.4, 0.5) is 0 Å². The zero-order valence-electron chi connectivity index (χ0n) is 9.84. The molecule has 2 aromatic heterocycles. The normalized spacial score (nSPS) is 12.6. The summed E-state index contributed by atoms with van der Waals surface area (Å²) in [7, 11) is 0. The summed E-state index contributed by atoms with van der Waals surface area (Å²) in [5.74, 6) is 0.807. The molecule has 0 saturated carbocycles.